The molecule has 1 saturated heterocycles. The number of ether oxygens (including phenoxy) is 1. The number of amides is 2. The summed E-state index contributed by atoms with van der Waals surface area (Å²) in [5.41, 5.74) is 2.84. The highest BCUT2D eigenvalue weighted by atomic mass is 79.9. The van der Waals surface area contributed by atoms with Crippen molar-refractivity contribution in [3.8, 4) is 0 Å². The van der Waals surface area contributed by atoms with Gasteiger partial charge in [-0.2, -0.15) is 0 Å². The number of nitrogens with zero attached hydrogens (tertiary/aromatic N) is 1. The molecule has 0 bridgehead atoms. The molecular formula is C22H26BrN3O3. The van der Waals surface area contributed by atoms with E-state index in [1.165, 1.54) is 12.5 Å². The molecule has 3 rings (SSSR count). The zero-order valence-corrected chi connectivity index (χ0v) is 18.1. The zero-order valence-electron chi connectivity index (χ0n) is 16.5. The van der Waals surface area contributed by atoms with Crippen molar-refractivity contribution in [3.63, 3.8) is 0 Å². The predicted molar refractivity (Wildman–Crippen MR) is 116 cm³/mol. The van der Waals surface area contributed by atoms with E-state index in [1.807, 2.05) is 48.5 Å². The Labute approximate surface area is 179 Å². The van der Waals surface area contributed by atoms with Crippen molar-refractivity contribution in [1.29, 1.82) is 0 Å². The van der Waals surface area contributed by atoms with E-state index >= 15 is 0 Å². The first-order valence-corrected chi connectivity index (χ1v) is 10.5. The Kier molecular flexibility index (Phi) is 7.80. The molecule has 6 nitrogen and oxygen atoms in total. The van der Waals surface area contributed by atoms with E-state index in [9.17, 15) is 9.59 Å². The van der Waals surface area contributed by atoms with Crippen LogP contribution in [0, 0.1) is 0 Å². The number of morpholine rings is 1. The Morgan fingerprint density at radius 2 is 1.72 bits per heavy atom. The van der Waals surface area contributed by atoms with Gasteiger partial charge < -0.3 is 15.4 Å². The van der Waals surface area contributed by atoms with Gasteiger partial charge in [0.05, 0.1) is 25.7 Å². The second kappa shape index (κ2) is 10.5. The molecule has 29 heavy (non-hydrogen) atoms. The van der Waals surface area contributed by atoms with Gasteiger partial charge in [0.25, 0.3) is 0 Å². The molecule has 0 radical (unpaired) electrons. The highest BCUT2D eigenvalue weighted by Gasteiger charge is 2.17. The second-order valence-corrected chi connectivity index (χ2v) is 8.06. The molecule has 0 aliphatic carbocycles. The molecule has 7 heteroatoms. The maximum atomic E-state index is 12.6. The summed E-state index contributed by atoms with van der Waals surface area (Å²) in [6, 6.07) is 15.1. The van der Waals surface area contributed by atoms with Gasteiger partial charge in [0.15, 0.2) is 0 Å². The van der Waals surface area contributed by atoms with Gasteiger partial charge in [0.2, 0.25) is 11.8 Å². The van der Waals surface area contributed by atoms with E-state index in [0.717, 1.165) is 48.6 Å². The Bertz CT molecular complexity index is 818. The fourth-order valence-electron chi connectivity index (χ4n) is 3.30. The summed E-state index contributed by atoms with van der Waals surface area (Å²) >= 11 is 3.40. The molecule has 0 saturated carbocycles. The van der Waals surface area contributed by atoms with Crippen molar-refractivity contribution in [2.24, 2.45) is 0 Å². The van der Waals surface area contributed by atoms with Crippen molar-refractivity contribution in [3.05, 3.63) is 64.1 Å². The molecule has 154 valence electrons. The van der Waals surface area contributed by atoms with Gasteiger partial charge in [0, 0.05) is 36.7 Å². The van der Waals surface area contributed by atoms with Crippen molar-refractivity contribution >= 4 is 33.4 Å². The topological polar surface area (TPSA) is 70.7 Å². The monoisotopic (exact) mass is 459 g/mol. The van der Waals surface area contributed by atoms with E-state index in [-0.39, 0.29) is 24.3 Å². The molecule has 1 aliphatic rings. The molecule has 1 fully saturated rings. The molecule has 2 aromatic carbocycles. The average Bonchev–Trinajstić information content (AvgIpc) is 2.70. The van der Waals surface area contributed by atoms with E-state index in [0.29, 0.717) is 0 Å². The van der Waals surface area contributed by atoms with Gasteiger partial charge in [-0.25, -0.2) is 0 Å². The fourth-order valence-corrected chi connectivity index (χ4v) is 3.57. The smallest absolute Gasteiger partial charge is 0.226 e. The number of carbonyl (C=O) groups excluding carboxylic acids is 2. The van der Waals surface area contributed by atoms with Gasteiger partial charge in [-0.15, -0.1) is 0 Å². The van der Waals surface area contributed by atoms with E-state index in [1.54, 1.807) is 0 Å². The van der Waals surface area contributed by atoms with Crippen LogP contribution in [-0.2, 0) is 20.9 Å². The molecular weight excluding hydrogens is 434 g/mol. The molecule has 2 N–H and O–H groups in total. The van der Waals surface area contributed by atoms with Gasteiger partial charge in [-0.1, -0.05) is 40.2 Å². The van der Waals surface area contributed by atoms with Crippen LogP contribution in [0.5, 0.6) is 0 Å². The minimum Gasteiger partial charge on any atom is -0.379 e. The summed E-state index contributed by atoms with van der Waals surface area (Å²) in [5.74, 6) is -0.314. The van der Waals surface area contributed by atoms with Gasteiger partial charge in [-0.05, 0) is 35.4 Å². The fraction of sp³-hybridized carbons (Fsp3) is 0.364. The van der Waals surface area contributed by atoms with Gasteiger partial charge >= 0.3 is 0 Å². The van der Waals surface area contributed by atoms with Gasteiger partial charge in [0.1, 0.15) is 0 Å². The van der Waals surface area contributed by atoms with Crippen molar-refractivity contribution < 1.29 is 14.3 Å². The van der Waals surface area contributed by atoms with Crippen molar-refractivity contribution in [1.82, 2.24) is 10.2 Å². The van der Waals surface area contributed by atoms with Gasteiger partial charge in [-0.3, -0.25) is 14.5 Å². The van der Waals surface area contributed by atoms with Crippen LogP contribution in [0.2, 0.25) is 0 Å². The van der Waals surface area contributed by atoms with Crippen LogP contribution < -0.4 is 10.6 Å². The zero-order chi connectivity index (χ0) is 20.6. The first kappa shape index (κ1) is 21.5. The molecule has 0 aromatic heterocycles. The number of hydrogen-bond acceptors (Lipinski definition) is 4. The lowest BCUT2D eigenvalue weighted by atomic mass is 10.0. The van der Waals surface area contributed by atoms with Crippen LogP contribution >= 0.6 is 15.9 Å². The molecule has 2 aromatic rings. The Morgan fingerprint density at radius 3 is 2.34 bits per heavy atom. The number of carbonyl (C=O) groups is 2. The lowest BCUT2D eigenvalue weighted by Gasteiger charge is -2.26. The van der Waals surface area contributed by atoms with E-state index in [2.05, 4.69) is 31.5 Å². The lowest BCUT2D eigenvalue weighted by Crippen LogP contribution is -2.35. The van der Waals surface area contributed by atoms with E-state index < -0.39 is 0 Å². The first-order valence-electron chi connectivity index (χ1n) is 9.71. The molecule has 1 unspecified atom stereocenters. The molecule has 1 heterocycles. The van der Waals surface area contributed by atoms with Crippen LogP contribution in [0.15, 0.2) is 53.0 Å². The minimum absolute atomic E-state index is 0.146. The summed E-state index contributed by atoms with van der Waals surface area (Å²) in [6.07, 6.45) is 0.163. The SMILES string of the molecule is CC(=O)NC(CC(=O)Nc1ccc(CN2CCOCC2)cc1)c1ccc(Br)cc1. The summed E-state index contributed by atoms with van der Waals surface area (Å²) in [4.78, 5) is 26.5. The summed E-state index contributed by atoms with van der Waals surface area (Å²) < 4.78 is 6.32. The number of halogens is 1. The predicted octanol–water partition coefficient (Wildman–Crippen LogP) is 3.49. The third-order valence-electron chi connectivity index (χ3n) is 4.79. The number of anilines is 1. The minimum atomic E-state index is -0.374. The third kappa shape index (κ3) is 6.96. The Hall–Kier alpha value is -2.22. The number of nitrogens with one attached hydrogen (secondary N) is 2. The number of rotatable bonds is 7. The van der Waals surface area contributed by atoms with Crippen LogP contribution in [0.1, 0.15) is 30.5 Å². The molecule has 2 amide bonds. The molecule has 0 spiro atoms. The van der Waals surface area contributed by atoms with E-state index in [4.69, 9.17) is 4.74 Å². The maximum absolute atomic E-state index is 12.6. The maximum Gasteiger partial charge on any atom is 0.226 e. The van der Waals surface area contributed by atoms with Crippen LogP contribution in [0.3, 0.4) is 0 Å². The third-order valence-corrected chi connectivity index (χ3v) is 5.32. The quantitative estimate of drug-likeness (QED) is 0.664. The normalized spacial score (nSPS) is 15.5. The van der Waals surface area contributed by atoms with Crippen LogP contribution in [0.25, 0.3) is 0 Å². The molecule has 1 atom stereocenters. The summed E-state index contributed by atoms with van der Waals surface area (Å²) in [6.45, 7) is 5.78. The highest BCUT2D eigenvalue weighted by Crippen LogP contribution is 2.21. The Balaban J connectivity index is 1.57. The van der Waals surface area contributed by atoms with Crippen LogP contribution in [0.4, 0.5) is 5.69 Å². The lowest BCUT2D eigenvalue weighted by molar-refractivity contribution is -0.120. The average molecular weight is 460 g/mol. The number of benzene rings is 2. The largest absolute Gasteiger partial charge is 0.379 e. The van der Waals surface area contributed by atoms with Crippen LogP contribution in [-0.4, -0.2) is 43.0 Å². The highest BCUT2D eigenvalue weighted by molar-refractivity contribution is 9.10. The second-order valence-electron chi connectivity index (χ2n) is 7.14. The Morgan fingerprint density at radius 1 is 1.07 bits per heavy atom. The van der Waals surface area contributed by atoms with Crippen molar-refractivity contribution in [2.75, 3.05) is 31.6 Å². The summed E-state index contributed by atoms with van der Waals surface area (Å²) in [7, 11) is 0. The first-order chi connectivity index (χ1) is 14.0. The molecule has 1 aliphatic heterocycles. The summed E-state index contributed by atoms with van der Waals surface area (Å²) in [5, 5.41) is 5.78. The van der Waals surface area contributed by atoms with Crippen molar-refractivity contribution in [2.45, 2.75) is 25.9 Å². The number of hydrogen-bond donors (Lipinski definition) is 2. The standard InChI is InChI=1S/C22H26BrN3O3/c1-16(27)24-21(18-4-6-19(23)7-5-18)14-22(28)25-20-8-2-17(3-9-20)15-26-10-12-29-13-11-26/h2-9,21H,10-15H2,1H3,(H,24,27)(H,25,28).